The van der Waals surface area contributed by atoms with E-state index in [1.165, 1.54) is 4.88 Å². The fraction of sp³-hybridized carbons (Fsp3) is 0.533. The van der Waals surface area contributed by atoms with E-state index in [1.54, 1.807) is 17.7 Å². The number of thiophene rings is 1. The van der Waals surface area contributed by atoms with Crippen LogP contribution in [0.2, 0.25) is 0 Å². The summed E-state index contributed by atoms with van der Waals surface area (Å²) in [7, 11) is 0. The third-order valence-electron chi connectivity index (χ3n) is 4.22. The number of likely N-dealkylation sites (tertiary alicyclic amines) is 1. The lowest BCUT2D eigenvalue weighted by Crippen LogP contribution is -2.44. The number of H-pyrrole nitrogens is 1. The third kappa shape index (κ3) is 3.53. The van der Waals surface area contributed by atoms with Gasteiger partial charge in [0.2, 0.25) is 5.91 Å². The van der Waals surface area contributed by atoms with Gasteiger partial charge in [-0.3, -0.25) is 14.8 Å². The van der Waals surface area contributed by atoms with Crippen LogP contribution in [0.4, 0.5) is 0 Å². The van der Waals surface area contributed by atoms with Gasteiger partial charge in [0.05, 0.1) is 6.04 Å². The number of aromatic nitrogens is 3. The Hall–Kier alpha value is -1.73. The zero-order valence-electron chi connectivity index (χ0n) is 12.7. The second-order valence-electron chi connectivity index (χ2n) is 5.65. The van der Waals surface area contributed by atoms with Gasteiger partial charge in [-0.2, -0.15) is 5.10 Å². The lowest BCUT2D eigenvalue weighted by Gasteiger charge is -2.23. The summed E-state index contributed by atoms with van der Waals surface area (Å²) in [6.07, 6.45) is 3.46. The molecule has 2 N–H and O–H groups in total. The Morgan fingerprint density at radius 1 is 1.64 bits per heavy atom. The molecule has 0 spiro atoms. The smallest absolute Gasteiger partial charge is 0.237 e. The number of carbonyl (C=O) groups is 1. The fourth-order valence-electron chi connectivity index (χ4n) is 2.85. The molecule has 0 aliphatic carbocycles. The molecule has 0 radical (unpaired) electrons. The van der Waals surface area contributed by atoms with Gasteiger partial charge in [0.25, 0.3) is 0 Å². The van der Waals surface area contributed by atoms with Crippen molar-refractivity contribution >= 4 is 17.2 Å². The van der Waals surface area contributed by atoms with Crippen LogP contribution >= 0.6 is 11.3 Å². The van der Waals surface area contributed by atoms with E-state index in [9.17, 15) is 4.79 Å². The molecule has 3 heterocycles. The largest absolute Gasteiger partial charge is 0.354 e. The minimum Gasteiger partial charge on any atom is -0.354 e. The van der Waals surface area contributed by atoms with Gasteiger partial charge < -0.3 is 5.32 Å². The minimum atomic E-state index is -0.101. The number of nitrogens with one attached hydrogen (secondary N) is 2. The summed E-state index contributed by atoms with van der Waals surface area (Å²) in [4.78, 5) is 20.0. The predicted octanol–water partition coefficient (Wildman–Crippen LogP) is 1.40. The molecule has 22 heavy (non-hydrogen) atoms. The molecule has 6 nitrogen and oxygen atoms in total. The summed E-state index contributed by atoms with van der Waals surface area (Å²) in [6.45, 7) is 4.45. The molecule has 1 aliphatic rings. The van der Waals surface area contributed by atoms with Gasteiger partial charge >= 0.3 is 0 Å². The summed E-state index contributed by atoms with van der Waals surface area (Å²) >= 11 is 1.73. The molecule has 2 aromatic heterocycles. The standard InChI is InChI=1S/C15H21N5OS/c1-11(15(21)16-6-4-13-3-2-8-22-13)20-7-5-12(9-20)14-17-10-18-19-14/h2-3,8,10-12H,4-7,9H2,1H3,(H,16,21)(H,17,18,19)/t11-,12-/m0/s1. The van der Waals surface area contributed by atoms with Crippen LogP contribution in [-0.2, 0) is 11.2 Å². The molecule has 0 bridgehead atoms. The van der Waals surface area contributed by atoms with Crippen LogP contribution in [0.15, 0.2) is 23.8 Å². The number of amides is 1. The maximum absolute atomic E-state index is 12.3. The molecule has 0 unspecified atom stereocenters. The minimum absolute atomic E-state index is 0.101. The Labute approximate surface area is 133 Å². The Bertz CT molecular complexity index is 583. The number of carbonyl (C=O) groups excluding carboxylic acids is 1. The van der Waals surface area contributed by atoms with E-state index < -0.39 is 0 Å². The maximum atomic E-state index is 12.3. The third-order valence-corrected chi connectivity index (χ3v) is 5.15. The first kappa shape index (κ1) is 15.2. The molecule has 118 valence electrons. The zero-order valence-corrected chi connectivity index (χ0v) is 13.5. The molecular formula is C15H21N5OS. The van der Waals surface area contributed by atoms with Crippen LogP contribution in [-0.4, -0.2) is 51.7 Å². The highest BCUT2D eigenvalue weighted by Crippen LogP contribution is 2.25. The lowest BCUT2D eigenvalue weighted by molar-refractivity contribution is -0.125. The van der Waals surface area contributed by atoms with E-state index in [0.717, 1.165) is 31.8 Å². The molecule has 3 rings (SSSR count). The normalized spacial score (nSPS) is 20.1. The van der Waals surface area contributed by atoms with Crippen LogP contribution in [0.5, 0.6) is 0 Å². The fourth-order valence-corrected chi connectivity index (χ4v) is 3.56. The van der Waals surface area contributed by atoms with Gasteiger partial charge in [-0.1, -0.05) is 6.07 Å². The Morgan fingerprint density at radius 2 is 2.55 bits per heavy atom. The number of hydrogen-bond acceptors (Lipinski definition) is 5. The van der Waals surface area contributed by atoms with Crippen molar-refractivity contribution in [1.82, 2.24) is 25.4 Å². The van der Waals surface area contributed by atoms with E-state index in [4.69, 9.17) is 0 Å². The zero-order chi connectivity index (χ0) is 15.4. The van der Waals surface area contributed by atoms with Gasteiger partial charge in [-0.15, -0.1) is 11.3 Å². The monoisotopic (exact) mass is 319 g/mol. The SMILES string of the molecule is C[C@@H](C(=O)NCCc1cccs1)N1CC[C@H](c2ncn[nH]2)C1. The molecule has 2 aromatic rings. The van der Waals surface area contributed by atoms with Crippen LogP contribution < -0.4 is 5.32 Å². The van der Waals surface area contributed by atoms with Crippen molar-refractivity contribution < 1.29 is 4.79 Å². The Balaban J connectivity index is 1.45. The molecule has 1 fully saturated rings. The molecule has 1 saturated heterocycles. The van der Waals surface area contributed by atoms with Crippen LogP contribution in [0.3, 0.4) is 0 Å². The number of nitrogens with zero attached hydrogens (tertiary/aromatic N) is 3. The van der Waals surface area contributed by atoms with Crippen LogP contribution in [0.25, 0.3) is 0 Å². The van der Waals surface area contributed by atoms with Crippen molar-refractivity contribution in [2.45, 2.75) is 31.7 Å². The topological polar surface area (TPSA) is 73.9 Å². The quantitative estimate of drug-likeness (QED) is 0.844. The molecule has 1 aliphatic heterocycles. The van der Waals surface area contributed by atoms with Crippen LogP contribution in [0.1, 0.15) is 30.0 Å². The average Bonchev–Trinajstić information content (AvgIpc) is 3.26. The summed E-state index contributed by atoms with van der Waals surface area (Å²) in [5, 5.41) is 11.9. The van der Waals surface area contributed by atoms with Crippen molar-refractivity contribution in [2.75, 3.05) is 19.6 Å². The second-order valence-corrected chi connectivity index (χ2v) is 6.68. The highest BCUT2D eigenvalue weighted by atomic mass is 32.1. The number of aromatic amines is 1. The van der Waals surface area contributed by atoms with Crippen molar-refractivity contribution in [3.8, 4) is 0 Å². The predicted molar refractivity (Wildman–Crippen MR) is 85.8 cm³/mol. The van der Waals surface area contributed by atoms with Gasteiger partial charge in [0, 0.05) is 23.9 Å². The molecular weight excluding hydrogens is 298 g/mol. The van der Waals surface area contributed by atoms with Crippen molar-refractivity contribution in [1.29, 1.82) is 0 Å². The summed E-state index contributed by atoms with van der Waals surface area (Å²) in [5.41, 5.74) is 0. The Kier molecular flexibility index (Phi) is 4.84. The summed E-state index contributed by atoms with van der Waals surface area (Å²) < 4.78 is 0. The summed E-state index contributed by atoms with van der Waals surface area (Å²) in [6, 6.07) is 4.04. The first-order valence-corrected chi connectivity index (χ1v) is 8.51. The van der Waals surface area contributed by atoms with Crippen molar-refractivity contribution in [3.63, 3.8) is 0 Å². The average molecular weight is 319 g/mol. The second kappa shape index (κ2) is 7.02. The first-order chi connectivity index (χ1) is 10.7. The lowest BCUT2D eigenvalue weighted by atomic mass is 10.1. The highest BCUT2D eigenvalue weighted by Gasteiger charge is 2.31. The molecule has 7 heteroatoms. The molecule has 2 atom stereocenters. The number of hydrogen-bond donors (Lipinski definition) is 2. The van der Waals surface area contributed by atoms with Crippen LogP contribution in [0, 0.1) is 0 Å². The van der Waals surface area contributed by atoms with E-state index >= 15 is 0 Å². The Morgan fingerprint density at radius 3 is 3.27 bits per heavy atom. The summed E-state index contributed by atoms with van der Waals surface area (Å²) in [5.74, 6) is 1.38. The molecule has 0 saturated carbocycles. The van der Waals surface area contributed by atoms with Gasteiger partial charge in [-0.25, -0.2) is 4.98 Å². The van der Waals surface area contributed by atoms with E-state index in [0.29, 0.717) is 12.5 Å². The maximum Gasteiger partial charge on any atom is 0.237 e. The van der Waals surface area contributed by atoms with Gasteiger partial charge in [0.15, 0.2) is 0 Å². The number of rotatable bonds is 6. The molecule has 0 aromatic carbocycles. The van der Waals surface area contributed by atoms with Crippen molar-refractivity contribution in [3.05, 3.63) is 34.5 Å². The van der Waals surface area contributed by atoms with Gasteiger partial charge in [0.1, 0.15) is 12.2 Å². The van der Waals surface area contributed by atoms with E-state index in [1.807, 2.05) is 13.0 Å². The molecule has 1 amide bonds. The van der Waals surface area contributed by atoms with E-state index in [-0.39, 0.29) is 11.9 Å². The van der Waals surface area contributed by atoms with E-state index in [2.05, 4.69) is 36.8 Å². The van der Waals surface area contributed by atoms with Gasteiger partial charge in [-0.05, 0) is 37.8 Å². The van der Waals surface area contributed by atoms with Crippen molar-refractivity contribution in [2.24, 2.45) is 0 Å². The highest BCUT2D eigenvalue weighted by molar-refractivity contribution is 7.09. The first-order valence-electron chi connectivity index (χ1n) is 7.63.